The molecule has 1 fully saturated rings. The second-order valence-electron chi connectivity index (χ2n) is 6.93. The van der Waals surface area contributed by atoms with E-state index < -0.39 is 0 Å². The van der Waals surface area contributed by atoms with Gasteiger partial charge in [-0.15, -0.1) is 0 Å². The van der Waals surface area contributed by atoms with Crippen molar-refractivity contribution in [3.05, 3.63) is 45.9 Å². The molecule has 0 bridgehead atoms. The SMILES string of the molecule is Cc1ccnc(N2CC(c3cnn(C)c3)C(C)(C)C2)c1[N+](=O)[O-]. The average Bonchev–Trinajstić information content (AvgIpc) is 3.01. The number of anilines is 1. The summed E-state index contributed by atoms with van der Waals surface area (Å²) in [5.41, 5.74) is 1.90. The van der Waals surface area contributed by atoms with Crippen LogP contribution in [0, 0.1) is 22.5 Å². The van der Waals surface area contributed by atoms with Gasteiger partial charge >= 0.3 is 5.69 Å². The molecule has 0 spiro atoms. The fourth-order valence-electron chi connectivity index (χ4n) is 3.47. The number of aromatic nitrogens is 3. The monoisotopic (exact) mass is 315 g/mol. The van der Waals surface area contributed by atoms with E-state index in [2.05, 4.69) is 23.9 Å². The molecule has 0 radical (unpaired) electrons. The Morgan fingerprint density at radius 3 is 2.78 bits per heavy atom. The van der Waals surface area contributed by atoms with Crippen molar-refractivity contribution in [2.45, 2.75) is 26.7 Å². The molecule has 3 rings (SSSR count). The van der Waals surface area contributed by atoms with Crippen molar-refractivity contribution in [1.82, 2.24) is 14.8 Å². The Bertz CT molecular complexity index is 753. The van der Waals surface area contributed by atoms with Crippen LogP contribution in [-0.2, 0) is 7.05 Å². The first-order valence-electron chi connectivity index (χ1n) is 7.63. The van der Waals surface area contributed by atoms with Crippen molar-refractivity contribution in [2.75, 3.05) is 18.0 Å². The minimum absolute atomic E-state index is 0.0116. The van der Waals surface area contributed by atoms with Gasteiger partial charge in [-0.3, -0.25) is 14.8 Å². The molecule has 1 aliphatic heterocycles. The summed E-state index contributed by atoms with van der Waals surface area (Å²) >= 11 is 0. The molecule has 7 nitrogen and oxygen atoms in total. The molecule has 2 aromatic rings. The molecule has 1 aliphatic rings. The highest BCUT2D eigenvalue weighted by Gasteiger charge is 2.43. The minimum Gasteiger partial charge on any atom is -0.350 e. The van der Waals surface area contributed by atoms with Gasteiger partial charge in [0.15, 0.2) is 0 Å². The number of hydrogen-bond donors (Lipinski definition) is 0. The summed E-state index contributed by atoms with van der Waals surface area (Å²) in [6.45, 7) is 7.56. The van der Waals surface area contributed by atoms with Crippen molar-refractivity contribution in [3.8, 4) is 0 Å². The maximum Gasteiger partial charge on any atom is 0.314 e. The lowest BCUT2D eigenvalue weighted by molar-refractivity contribution is -0.384. The molecule has 0 N–H and O–H groups in total. The fraction of sp³-hybridized carbons (Fsp3) is 0.500. The lowest BCUT2D eigenvalue weighted by Crippen LogP contribution is -2.24. The van der Waals surface area contributed by atoms with E-state index in [9.17, 15) is 10.1 Å². The van der Waals surface area contributed by atoms with Gasteiger partial charge in [0.25, 0.3) is 0 Å². The van der Waals surface area contributed by atoms with E-state index in [1.807, 2.05) is 24.3 Å². The number of nitro groups is 1. The van der Waals surface area contributed by atoms with Crippen LogP contribution in [0.15, 0.2) is 24.7 Å². The van der Waals surface area contributed by atoms with Crippen LogP contribution in [0.5, 0.6) is 0 Å². The van der Waals surface area contributed by atoms with Gasteiger partial charge in [0.05, 0.1) is 11.1 Å². The fourth-order valence-corrected chi connectivity index (χ4v) is 3.47. The molecular formula is C16H21N5O2. The predicted octanol–water partition coefficient (Wildman–Crippen LogP) is 2.66. The second kappa shape index (κ2) is 5.33. The zero-order valence-electron chi connectivity index (χ0n) is 13.9. The van der Waals surface area contributed by atoms with E-state index in [0.29, 0.717) is 17.9 Å². The Morgan fingerprint density at radius 1 is 1.43 bits per heavy atom. The lowest BCUT2D eigenvalue weighted by Gasteiger charge is -2.24. The third-order valence-corrected chi connectivity index (χ3v) is 4.66. The van der Waals surface area contributed by atoms with Gasteiger partial charge in [-0.2, -0.15) is 5.10 Å². The summed E-state index contributed by atoms with van der Waals surface area (Å²) < 4.78 is 1.79. The van der Waals surface area contributed by atoms with Crippen LogP contribution < -0.4 is 4.90 Å². The molecule has 1 unspecified atom stereocenters. The van der Waals surface area contributed by atoms with Gasteiger partial charge in [0, 0.05) is 44.0 Å². The Kier molecular flexibility index (Phi) is 3.58. The molecular weight excluding hydrogens is 294 g/mol. The van der Waals surface area contributed by atoms with Crippen LogP contribution in [0.2, 0.25) is 0 Å². The van der Waals surface area contributed by atoms with Crippen molar-refractivity contribution in [3.63, 3.8) is 0 Å². The second-order valence-corrected chi connectivity index (χ2v) is 6.93. The topological polar surface area (TPSA) is 77.1 Å². The van der Waals surface area contributed by atoms with Gasteiger partial charge in [0.1, 0.15) is 0 Å². The highest BCUT2D eigenvalue weighted by Crippen LogP contribution is 2.45. The third-order valence-electron chi connectivity index (χ3n) is 4.66. The van der Waals surface area contributed by atoms with Crippen molar-refractivity contribution < 1.29 is 4.92 Å². The van der Waals surface area contributed by atoms with Gasteiger partial charge in [-0.1, -0.05) is 13.8 Å². The normalized spacial score (nSPS) is 20.0. The van der Waals surface area contributed by atoms with Gasteiger partial charge in [-0.25, -0.2) is 4.98 Å². The Hall–Kier alpha value is -2.44. The van der Waals surface area contributed by atoms with Gasteiger partial charge < -0.3 is 4.90 Å². The smallest absolute Gasteiger partial charge is 0.314 e. The molecule has 1 saturated heterocycles. The van der Waals surface area contributed by atoms with Crippen molar-refractivity contribution >= 4 is 11.5 Å². The predicted molar refractivity (Wildman–Crippen MR) is 87.6 cm³/mol. The van der Waals surface area contributed by atoms with Crippen LogP contribution in [0.4, 0.5) is 11.5 Å². The van der Waals surface area contributed by atoms with Crippen LogP contribution in [0.3, 0.4) is 0 Å². The molecule has 23 heavy (non-hydrogen) atoms. The lowest BCUT2D eigenvalue weighted by atomic mass is 9.79. The summed E-state index contributed by atoms with van der Waals surface area (Å²) in [7, 11) is 1.90. The number of pyridine rings is 1. The van der Waals surface area contributed by atoms with Crippen LogP contribution in [0.1, 0.15) is 30.9 Å². The van der Waals surface area contributed by atoms with E-state index >= 15 is 0 Å². The van der Waals surface area contributed by atoms with Crippen LogP contribution >= 0.6 is 0 Å². The Labute approximate surface area is 135 Å². The maximum absolute atomic E-state index is 11.4. The van der Waals surface area contributed by atoms with Crippen LogP contribution in [0.25, 0.3) is 0 Å². The quantitative estimate of drug-likeness (QED) is 0.643. The molecule has 122 valence electrons. The summed E-state index contributed by atoms with van der Waals surface area (Å²) in [4.78, 5) is 17.4. The first-order chi connectivity index (χ1) is 10.8. The summed E-state index contributed by atoms with van der Waals surface area (Å²) in [6.07, 6.45) is 5.55. The zero-order chi connectivity index (χ0) is 16.8. The Morgan fingerprint density at radius 2 is 2.17 bits per heavy atom. The Balaban J connectivity index is 1.98. The molecule has 0 aliphatic carbocycles. The van der Waals surface area contributed by atoms with Gasteiger partial charge in [-0.05, 0) is 24.0 Å². The van der Waals surface area contributed by atoms with E-state index in [4.69, 9.17) is 0 Å². The number of aryl methyl sites for hydroxylation is 2. The summed E-state index contributed by atoms with van der Waals surface area (Å²) in [6, 6.07) is 1.68. The zero-order valence-corrected chi connectivity index (χ0v) is 13.9. The minimum atomic E-state index is -0.331. The molecule has 0 saturated carbocycles. The molecule has 2 aromatic heterocycles. The molecule has 7 heteroatoms. The molecule has 0 aromatic carbocycles. The van der Waals surface area contributed by atoms with Crippen molar-refractivity contribution in [1.29, 1.82) is 0 Å². The third kappa shape index (κ3) is 2.67. The molecule has 1 atom stereocenters. The van der Waals surface area contributed by atoms with Crippen LogP contribution in [-0.4, -0.2) is 32.8 Å². The standard InChI is InChI=1S/C16H21N5O2/c1-11-5-6-17-15(14(11)21(22)23)20-9-13(16(2,3)10-20)12-7-18-19(4)8-12/h5-8,13H,9-10H2,1-4H3. The number of hydrogen-bond acceptors (Lipinski definition) is 5. The van der Waals surface area contributed by atoms with E-state index in [-0.39, 0.29) is 21.9 Å². The highest BCUT2D eigenvalue weighted by atomic mass is 16.6. The van der Waals surface area contributed by atoms with Crippen molar-refractivity contribution in [2.24, 2.45) is 12.5 Å². The highest BCUT2D eigenvalue weighted by molar-refractivity contribution is 5.62. The first-order valence-corrected chi connectivity index (χ1v) is 7.63. The maximum atomic E-state index is 11.4. The summed E-state index contributed by atoms with van der Waals surface area (Å²) in [5, 5.41) is 15.7. The first kappa shape index (κ1) is 15.5. The number of nitrogens with zero attached hydrogens (tertiary/aromatic N) is 5. The van der Waals surface area contributed by atoms with E-state index in [1.54, 1.807) is 23.9 Å². The van der Waals surface area contributed by atoms with E-state index in [0.717, 1.165) is 12.1 Å². The average molecular weight is 315 g/mol. The summed E-state index contributed by atoms with van der Waals surface area (Å²) in [5.74, 6) is 0.729. The molecule has 3 heterocycles. The van der Waals surface area contributed by atoms with E-state index in [1.165, 1.54) is 0 Å². The van der Waals surface area contributed by atoms with Gasteiger partial charge in [0.2, 0.25) is 5.82 Å². The molecule has 0 amide bonds. The largest absolute Gasteiger partial charge is 0.350 e. The number of rotatable bonds is 3.